The molecule has 0 amide bonds. The molecule has 10 heteroatoms. The number of benzene rings is 4. The Bertz CT molecular complexity index is 1910. The normalized spacial score (nSPS) is 11.0. The first kappa shape index (κ1) is 39.1. The number of aromatic nitrogens is 1. The third kappa shape index (κ3) is 10.3. The number of pyridine rings is 1. The van der Waals surface area contributed by atoms with Crippen molar-refractivity contribution < 1.29 is 33.9 Å². The molecule has 0 aliphatic heterocycles. The fourth-order valence-electron chi connectivity index (χ4n) is 6.19. The van der Waals surface area contributed by atoms with Crippen LogP contribution >= 0.6 is 0 Å². The Balaban J connectivity index is 1.32. The number of nitrogens with one attached hydrogen (secondary N) is 2. The molecule has 0 saturated heterocycles. The number of hydrogen-bond donors (Lipinski definition) is 4. The monoisotopic (exact) mass is 721 g/mol. The molecule has 280 valence electrons. The smallest absolute Gasteiger partial charge is 0.130 e. The molecule has 4 aromatic carbocycles. The van der Waals surface area contributed by atoms with Crippen LogP contribution in [0.15, 0.2) is 85.2 Å². The van der Waals surface area contributed by atoms with Crippen molar-refractivity contribution in [3.8, 4) is 39.9 Å². The molecule has 53 heavy (non-hydrogen) atoms. The summed E-state index contributed by atoms with van der Waals surface area (Å²) in [6.07, 6.45) is 3.54. The minimum absolute atomic E-state index is 0.0486. The summed E-state index contributed by atoms with van der Waals surface area (Å²) in [4.78, 5) is 4.20. The van der Waals surface area contributed by atoms with Crippen LogP contribution in [0.4, 0.5) is 0 Å². The van der Waals surface area contributed by atoms with E-state index in [4.69, 9.17) is 28.8 Å². The van der Waals surface area contributed by atoms with Crippen molar-refractivity contribution >= 4 is 0 Å². The number of aliphatic hydroxyl groups is 2. The molecule has 0 unspecified atom stereocenters. The largest absolute Gasteiger partial charge is 0.496 e. The minimum Gasteiger partial charge on any atom is -0.496 e. The van der Waals surface area contributed by atoms with Gasteiger partial charge in [0.2, 0.25) is 0 Å². The first-order valence-electron chi connectivity index (χ1n) is 17.8. The Morgan fingerprint density at radius 1 is 0.604 bits per heavy atom. The molecule has 1 heterocycles. The van der Waals surface area contributed by atoms with E-state index in [1.165, 1.54) is 0 Å². The van der Waals surface area contributed by atoms with Gasteiger partial charge < -0.3 is 44.5 Å². The number of rotatable bonds is 20. The maximum atomic E-state index is 9.28. The van der Waals surface area contributed by atoms with Gasteiger partial charge in [0.1, 0.15) is 48.6 Å². The Hall–Kier alpha value is -5.13. The van der Waals surface area contributed by atoms with Crippen LogP contribution in [0.2, 0.25) is 0 Å². The Kier molecular flexibility index (Phi) is 14.5. The molecule has 4 N–H and O–H groups in total. The molecule has 0 radical (unpaired) electrons. The van der Waals surface area contributed by atoms with E-state index in [1.54, 1.807) is 26.6 Å². The molecular formula is C43H51N3O7. The quantitative estimate of drug-likeness (QED) is 0.0655. The summed E-state index contributed by atoms with van der Waals surface area (Å²) in [6, 6.07) is 24.3. The molecule has 0 aliphatic carbocycles. The highest BCUT2D eigenvalue weighted by Crippen LogP contribution is 2.36. The van der Waals surface area contributed by atoms with Crippen LogP contribution in [-0.4, -0.2) is 55.7 Å². The highest BCUT2D eigenvalue weighted by Gasteiger charge is 2.16. The summed E-state index contributed by atoms with van der Waals surface area (Å²) in [7, 11) is 3.24. The van der Waals surface area contributed by atoms with Gasteiger partial charge in [0, 0.05) is 67.9 Å². The van der Waals surface area contributed by atoms with Gasteiger partial charge >= 0.3 is 0 Å². The molecule has 0 fully saturated rings. The van der Waals surface area contributed by atoms with Gasteiger partial charge in [0.15, 0.2) is 0 Å². The summed E-state index contributed by atoms with van der Waals surface area (Å²) in [6.45, 7) is 9.57. The molecule has 0 atom stereocenters. The topological polar surface area (TPSA) is 124 Å². The average molecular weight is 722 g/mol. The number of aliphatic hydroxyl groups excluding tert-OH is 2. The fraction of sp³-hybridized carbons (Fsp3) is 0.326. The lowest BCUT2D eigenvalue weighted by molar-refractivity contribution is 0.281. The Labute approximate surface area is 312 Å². The van der Waals surface area contributed by atoms with Crippen LogP contribution in [0.3, 0.4) is 0 Å². The average Bonchev–Trinajstić information content (AvgIpc) is 3.18. The van der Waals surface area contributed by atoms with Crippen molar-refractivity contribution in [3.63, 3.8) is 0 Å². The van der Waals surface area contributed by atoms with Crippen molar-refractivity contribution in [2.24, 2.45) is 0 Å². The highest BCUT2D eigenvalue weighted by molar-refractivity contribution is 5.72. The predicted octanol–water partition coefficient (Wildman–Crippen LogP) is 6.59. The maximum absolute atomic E-state index is 9.28. The molecule has 1 aromatic heterocycles. The third-order valence-electron chi connectivity index (χ3n) is 9.21. The van der Waals surface area contributed by atoms with Gasteiger partial charge in [-0.3, -0.25) is 4.98 Å². The standard InChI is InChI=1S/C43H51N3O7/c1-29-19-35(24-45-15-17-47)41(52-26-32-9-8-14-44-23-32)22-40(29)53-28-34-11-7-13-38(31(34)3)37-12-6-10-33(30(37)2)27-51-36-20-42(49-4)39(25-46-16-18-48)43(21-36)50-5/h6-14,19-23,45-48H,15-18,24-28H2,1-5H3. The van der Waals surface area contributed by atoms with Crippen molar-refractivity contribution in [2.45, 2.75) is 53.7 Å². The summed E-state index contributed by atoms with van der Waals surface area (Å²) >= 11 is 0. The zero-order valence-corrected chi connectivity index (χ0v) is 31.3. The summed E-state index contributed by atoms with van der Waals surface area (Å²) < 4.78 is 30.4. The van der Waals surface area contributed by atoms with Gasteiger partial charge in [-0.05, 0) is 71.8 Å². The van der Waals surface area contributed by atoms with Gasteiger partial charge in [-0.25, -0.2) is 0 Å². The van der Waals surface area contributed by atoms with E-state index in [0.29, 0.717) is 63.2 Å². The predicted molar refractivity (Wildman–Crippen MR) is 207 cm³/mol. The van der Waals surface area contributed by atoms with E-state index in [9.17, 15) is 5.11 Å². The van der Waals surface area contributed by atoms with Crippen molar-refractivity contribution in [2.75, 3.05) is 40.5 Å². The van der Waals surface area contributed by atoms with E-state index < -0.39 is 0 Å². The molecular weight excluding hydrogens is 670 g/mol. The maximum Gasteiger partial charge on any atom is 0.130 e. The van der Waals surface area contributed by atoms with E-state index in [-0.39, 0.29) is 13.2 Å². The number of methoxy groups -OCH3 is 2. The van der Waals surface area contributed by atoms with Gasteiger partial charge in [0.05, 0.1) is 33.0 Å². The molecule has 5 aromatic rings. The lowest BCUT2D eigenvalue weighted by Crippen LogP contribution is -2.18. The zero-order valence-electron chi connectivity index (χ0n) is 31.3. The Morgan fingerprint density at radius 2 is 1.21 bits per heavy atom. The van der Waals surface area contributed by atoms with Gasteiger partial charge in [0.25, 0.3) is 0 Å². The molecule has 10 nitrogen and oxygen atoms in total. The second kappa shape index (κ2) is 19.6. The summed E-state index contributed by atoms with van der Waals surface area (Å²) in [5.41, 5.74) is 10.5. The van der Waals surface area contributed by atoms with E-state index in [0.717, 1.165) is 67.1 Å². The lowest BCUT2D eigenvalue weighted by atomic mass is 9.92. The number of hydrogen-bond acceptors (Lipinski definition) is 10. The van der Waals surface area contributed by atoms with Crippen molar-refractivity contribution in [1.82, 2.24) is 15.6 Å². The molecule has 0 aliphatic rings. The lowest BCUT2D eigenvalue weighted by Gasteiger charge is -2.19. The Morgan fingerprint density at radius 3 is 1.79 bits per heavy atom. The number of ether oxygens (including phenoxy) is 5. The van der Waals surface area contributed by atoms with Gasteiger partial charge in [-0.15, -0.1) is 0 Å². The number of aryl methyl sites for hydroxylation is 1. The first-order chi connectivity index (χ1) is 25.9. The van der Waals surface area contributed by atoms with E-state index in [1.807, 2.05) is 37.3 Å². The first-order valence-corrected chi connectivity index (χ1v) is 17.8. The van der Waals surface area contributed by atoms with Crippen molar-refractivity contribution in [3.05, 3.63) is 130 Å². The molecule has 0 saturated carbocycles. The molecule has 0 spiro atoms. The zero-order chi connectivity index (χ0) is 37.6. The summed E-state index contributed by atoms with van der Waals surface area (Å²) in [5.74, 6) is 3.42. The van der Waals surface area contributed by atoms with Crippen LogP contribution in [-0.2, 0) is 32.9 Å². The van der Waals surface area contributed by atoms with E-state index >= 15 is 0 Å². The van der Waals surface area contributed by atoms with Crippen LogP contribution in [0.25, 0.3) is 11.1 Å². The van der Waals surface area contributed by atoms with Crippen molar-refractivity contribution in [1.29, 1.82) is 0 Å². The highest BCUT2D eigenvalue weighted by atomic mass is 16.5. The van der Waals surface area contributed by atoms with Crippen LogP contribution in [0.5, 0.6) is 28.7 Å². The molecule has 0 bridgehead atoms. The molecule has 5 rings (SSSR count). The third-order valence-corrected chi connectivity index (χ3v) is 9.21. The number of nitrogens with zero attached hydrogens (tertiary/aromatic N) is 1. The van der Waals surface area contributed by atoms with Gasteiger partial charge in [-0.1, -0.05) is 42.5 Å². The second-order valence-electron chi connectivity index (χ2n) is 12.7. The van der Waals surface area contributed by atoms with Crippen LogP contribution in [0.1, 0.15) is 44.5 Å². The van der Waals surface area contributed by atoms with E-state index in [2.05, 4.69) is 71.9 Å². The second-order valence-corrected chi connectivity index (χ2v) is 12.7. The van der Waals surface area contributed by atoms with Gasteiger partial charge in [-0.2, -0.15) is 0 Å². The van der Waals surface area contributed by atoms with Crippen LogP contribution < -0.4 is 34.3 Å². The van der Waals surface area contributed by atoms with Crippen LogP contribution in [0, 0.1) is 20.8 Å². The summed E-state index contributed by atoms with van der Waals surface area (Å²) in [5, 5.41) is 24.9. The minimum atomic E-state index is 0.0486. The SMILES string of the molecule is COc1cc(OCc2cccc(-c3cccc(COc4cc(OCc5cccnc5)c(CNCCO)cc4C)c3C)c2C)cc(OC)c1CNCCO. The fourth-order valence-corrected chi connectivity index (χ4v) is 6.19.